The molecule has 1 aromatic heterocycles. The van der Waals surface area contributed by atoms with Gasteiger partial charge in [-0.25, -0.2) is 8.42 Å². The summed E-state index contributed by atoms with van der Waals surface area (Å²) in [5.74, 6) is -0.251. The van der Waals surface area contributed by atoms with Gasteiger partial charge in [0.15, 0.2) is 0 Å². The van der Waals surface area contributed by atoms with Gasteiger partial charge in [0.1, 0.15) is 6.54 Å². The number of sulfonamides is 1. The van der Waals surface area contributed by atoms with Crippen LogP contribution in [0.5, 0.6) is 0 Å². The fourth-order valence-corrected chi connectivity index (χ4v) is 4.98. The van der Waals surface area contributed by atoms with Crippen LogP contribution in [0.4, 0.5) is 5.69 Å². The highest BCUT2D eigenvalue weighted by Gasteiger charge is 2.37. The molecule has 138 valence electrons. The van der Waals surface area contributed by atoms with Gasteiger partial charge >= 0.3 is 0 Å². The highest BCUT2D eigenvalue weighted by Crippen LogP contribution is 2.41. The number of anilines is 1. The molecule has 0 bridgehead atoms. The maximum atomic E-state index is 12.9. The minimum absolute atomic E-state index is 0.213. The van der Waals surface area contributed by atoms with Crippen molar-refractivity contribution >= 4 is 32.4 Å². The maximum Gasteiger partial charge on any atom is 0.265 e. The van der Waals surface area contributed by atoms with E-state index in [0.717, 1.165) is 11.1 Å². The van der Waals surface area contributed by atoms with Crippen molar-refractivity contribution in [1.29, 1.82) is 0 Å². The number of benzene rings is 2. The van der Waals surface area contributed by atoms with Crippen molar-refractivity contribution in [3.63, 3.8) is 0 Å². The number of amides is 1. The lowest BCUT2D eigenvalue weighted by Crippen LogP contribution is -2.40. The Hall–Kier alpha value is -2.93. The fourth-order valence-electron chi connectivity index (χ4n) is 3.33. The standard InChI is InChI=1S/C20H19N3O3S/c1-22(13-11-16-8-2-3-12-21-16)19(24)14-23-17-9-4-6-15-7-5-10-18(20(15)17)27(23,25)26/h2-10,12H,11,13-14H2,1H3. The lowest BCUT2D eigenvalue weighted by molar-refractivity contribution is -0.128. The number of aromatic nitrogens is 1. The summed E-state index contributed by atoms with van der Waals surface area (Å²) in [6.07, 6.45) is 2.33. The first kappa shape index (κ1) is 17.5. The van der Waals surface area contributed by atoms with E-state index in [1.165, 1.54) is 4.31 Å². The lowest BCUT2D eigenvalue weighted by Gasteiger charge is -2.23. The third-order valence-electron chi connectivity index (χ3n) is 4.82. The van der Waals surface area contributed by atoms with E-state index in [0.29, 0.717) is 24.0 Å². The average Bonchev–Trinajstić information content (AvgIpc) is 2.90. The quantitative estimate of drug-likeness (QED) is 0.681. The summed E-state index contributed by atoms with van der Waals surface area (Å²) in [6.45, 7) is 0.260. The molecule has 27 heavy (non-hydrogen) atoms. The Bertz CT molecular complexity index is 1110. The van der Waals surface area contributed by atoms with Crippen molar-refractivity contribution < 1.29 is 13.2 Å². The van der Waals surface area contributed by atoms with E-state index in [4.69, 9.17) is 0 Å². The molecule has 0 radical (unpaired) electrons. The second-order valence-electron chi connectivity index (χ2n) is 6.53. The predicted molar refractivity (Wildman–Crippen MR) is 104 cm³/mol. The smallest absolute Gasteiger partial charge is 0.265 e. The molecule has 0 fully saturated rings. The highest BCUT2D eigenvalue weighted by molar-refractivity contribution is 7.93. The monoisotopic (exact) mass is 381 g/mol. The van der Waals surface area contributed by atoms with Gasteiger partial charge in [0.25, 0.3) is 10.0 Å². The zero-order chi connectivity index (χ0) is 19.0. The molecule has 0 spiro atoms. The van der Waals surface area contributed by atoms with Crippen LogP contribution in [0.25, 0.3) is 10.8 Å². The molecule has 0 saturated heterocycles. The van der Waals surface area contributed by atoms with Gasteiger partial charge in [0.2, 0.25) is 5.91 Å². The Morgan fingerprint density at radius 3 is 2.59 bits per heavy atom. The van der Waals surface area contributed by atoms with Crippen molar-refractivity contribution in [2.75, 3.05) is 24.4 Å². The zero-order valence-corrected chi connectivity index (χ0v) is 15.7. The van der Waals surface area contributed by atoms with E-state index in [1.54, 1.807) is 36.3 Å². The van der Waals surface area contributed by atoms with E-state index < -0.39 is 10.0 Å². The van der Waals surface area contributed by atoms with Crippen LogP contribution in [0.1, 0.15) is 5.69 Å². The number of carbonyl (C=O) groups is 1. The van der Waals surface area contributed by atoms with E-state index in [-0.39, 0.29) is 17.3 Å². The zero-order valence-electron chi connectivity index (χ0n) is 14.9. The van der Waals surface area contributed by atoms with Gasteiger partial charge in [-0.15, -0.1) is 0 Å². The van der Waals surface area contributed by atoms with Crippen LogP contribution in [-0.4, -0.2) is 44.3 Å². The van der Waals surface area contributed by atoms with Crippen molar-refractivity contribution in [3.05, 3.63) is 66.5 Å². The first-order valence-corrected chi connectivity index (χ1v) is 10.1. The number of pyridine rings is 1. The number of hydrogen-bond acceptors (Lipinski definition) is 4. The van der Waals surface area contributed by atoms with Gasteiger partial charge in [0.05, 0.1) is 10.6 Å². The van der Waals surface area contributed by atoms with Gasteiger partial charge in [0, 0.05) is 37.3 Å². The molecule has 7 heteroatoms. The van der Waals surface area contributed by atoms with Crippen LogP contribution < -0.4 is 4.31 Å². The topological polar surface area (TPSA) is 70.6 Å². The van der Waals surface area contributed by atoms with Crippen LogP contribution in [0.2, 0.25) is 0 Å². The Morgan fingerprint density at radius 2 is 1.85 bits per heavy atom. The van der Waals surface area contributed by atoms with Gasteiger partial charge in [-0.2, -0.15) is 0 Å². The molecule has 0 unspecified atom stereocenters. The summed E-state index contributed by atoms with van der Waals surface area (Å²) >= 11 is 0. The minimum Gasteiger partial charge on any atom is -0.344 e. The molecule has 1 aliphatic heterocycles. The molecule has 3 aromatic rings. The first-order chi connectivity index (χ1) is 13.0. The number of likely N-dealkylation sites (N-methyl/N-ethyl adjacent to an activating group) is 1. The molecule has 4 rings (SSSR count). The molecule has 0 atom stereocenters. The third kappa shape index (κ3) is 3.04. The lowest BCUT2D eigenvalue weighted by atomic mass is 10.1. The van der Waals surface area contributed by atoms with Crippen LogP contribution in [-0.2, 0) is 21.2 Å². The number of rotatable bonds is 5. The predicted octanol–water partition coefficient (Wildman–Crippen LogP) is 2.44. The van der Waals surface area contributed by atoms with Gasteiger partial charge in [-0.1, -0.05) is 30.3 Å². The molecule has 2 heterocycles. The van der Waals surface area contributed by atoms with Crippen molar-refractivity contribution in [1.82, 2.24) is 9.88 Å². The van der Waals surface area contributed by atoms with Crippen molar-refractivity contribution in [2.24, 2.45) is 0 Å². The molecule has 1 amide bonds. The van der Waals surface area contributed by atoms with E-state index in [2.05, 4.69) is 4.98 Å². The molecule has 1 aliphatic rings. The summed E-state index contributed by atoms with van der Waals surface area (Å²) < 4.78 is 27.1. The SMILES string of the molecule is CN(CCc1ccccn1)C(=O)CN1c2cccc3cccc(c23)S1(=O)=O. The maximum absolute atomic E-state index is 12.9. The van der Waals surface area contributed by atoms with Crippen LogP contribution in [0.15, 0.2) is 65.7 Å². The minimum atomic E-state index is -3.72. The summed E-state index contributed by atoms with van der Waals surface area (Å²) in [5, 5.41) is 1.54. The average molecular weight is 381 g/mol. The second-order valence-corrected chi connectivity index (χ2v) is 8.36. The summed E-state index contributed by atoms with van der Waals surface area (Å²) in [5.41, 5.74) is 1.46. The Labute approximate surface area is 158 Å². The molecule has 0 saturated carbocycles. The van der Waals surface area contributed by atoms with E-state index >= 15 is 0 Å². The van der Waals surface area contributed by atoms with Crippen molar-refractivity contribution in [3.8, 4) is 0 Å². The largest absolute Gasteiger partial charge is 0.344 e. The number of hydrogen-bond donors (Lipinski definition) is 0. The van der Waals surface area contributed by atoms with Gasteiger partial charge in [-0.05, 0) is 29.7 Å². The third-order valence-corrected chi connectivity index (χ3v) is 6.62. The normalized spacial score (nSPS) is 14.5. The van der Waals surface area contributed by atoms with Crippen LogP contribution in [0.3, 0.4) is 0 Å². The van der Waals surface area contributed by atoms with Crippen molar-refractivity contribution in [2.45, 2.75) is 11.3 Å². The molecule has 6 nitrogen and oxygen atoms in total. The van der Waals surface area contributed by atoms with E-state index in [1.807, 2.05) is 36.4 Å². The Morgan fingerprint density at radius 1 is 1.07 bits per heavy atom. The second kappa shape index (κ2) is 6.66. The molecular formula is C20H19N3O3S. The summed E-state index contributed by atoms with van der Waals surface area (Å²) in [6, 6.07) is 16.3. The number of carbonyl (C=O) groups excluding carboxylic acids is 1. The Kier molecular flexibility index (Phi) is 4.31. The highest BCUT2D eigenvalue weighted by atomic mass is 32.2. The first-order valence-electron chi connectivity index (χ1n) is 8.67. The fraction of sp³-hybridized carbons (Fsp3) is 0.200. The summed E-state index contributed by atoms with van der Waals surface area (Å²) in [7, 11) is -2.04. The molecule has 0 aliphatic carbocycles. The molecular weight excluding hydrogens is 362 g/mol. The van der Waals surface area contributed by atoms with Crippen LogP contribution >= 0.6 is 0 Å². The summed E-state index contributed by atoms with van der Waals surface area (Å²) in [4.78, 5) is 18.7. The molecule has 2 aromatic carbocycles. The number of nitrogens with zero attached hydrogens (tertiary/aromatic N) is 3. The van der Waals surface area contributed by atoms with Crippen LogP contribution in [0, 0.1) is 0 Å². The van der Waals surface area contributed by atoms with Gasteiger partial charge < -0.3 is 4.90 Å². The van der Waals surface area contributed by atoms with E-state index in [9.17, 15) is 13.2 Å². The Balaban J connectivity index is 1.54. The van der Waals surface area contributed by atoms with Gasteiger partial charge in [-0.3, -0.25) is 14.1 Å². The molecule has 0 N–H and O–H groups in total.